The summed E-state index contributed by atoms with van der Waals surface area (Å²) in [6, 6.07) is 9.62. The van der Waals surface area contributed by atoms with Gasteiger partial charge in [-0.2, -0.15) is 5.10 Å². The smallest absolute Gasteiger partial charge is 0.262 e. The van der Waals surface area contributed by atoms with E-state index in [2.05, 4.69) is 31.8 Å². The van der Waals surface area contributed by atoms with E-state index in [4.69, 9.17) is 14.2 Å². The summed E-state index contributed by atoms with van der Waals surface area (Å²) in [6.45, 7) is 6.21. The summed E-state index contributed by atoms with van der Waals surface area (Å²) in [7, 11) is 0. The number of amides is 2. The van der Waals surface area contributed by atoms with Gasteiger partial charge in [-0.05, 0) is 49.2 Å². The normalized spacial score (nSPS) is 13.3. The molecule has 2 amide bonds. The van der Waals surface area contributed by atoms with E-state index >= 15 is 0 Å². The highest BCUT2D eigenvalue weighted by molar-refractivity contribution is 9.10. The van der Waals surface area contributed by atoms with Crippen molar-refractivity contribution < 1.29 is 23.8 Å². The number of ether oxygens (including phenoxy) is 3. The van der Waals surface area contributed by atoms with Crippen molar-refractivity contribution >= 4 is 34.0 Å². The fraction of sp³-hybridized carbons (Fsp3) is 0.318. The molecule has 1 aliphatic heterocycles. The van der Waals surface area contributed by atoms with Gasteiger partial charge in [0.15, 0.2) is 11.5 Å². The van der Waals surface area contributed by atoms with E-state index in [0.717, 1.165) is 4.47 Å². The zero-order valence-corrected chi connectivity index (χ0v) is 19.1. The van der Waals surface area contributed by atoms with E-state index in [0.29, 0.717) is 35.0 Å². The van der Waals surface area contributed by atoms with E-state index in [1.54, 1.807) is 18.2 Å². The Labute approximate surface area is 189 Å². The molecule has 164 valence electrons. The molecule has 0 bridgehead atoms. The van der Waals surface area contributed by atoms with Crippen molar-refractivity contribution in [1.29, 1.82) is 0 Å². The van der Waals surface area contributed by atoms with Gasteiger partial charge in [0.1, 0.15) is 11.8 Å². The van der Waals surface area contributed by atoms with Crippen LogP contribution in [0, 0.1) is 5.92 Å². The molecule has 3 rings (SSSR count). The molecule has 0 aliphatic carbocycles. The monoisotopic (exact) mass is 489 g/mol. The zero-order chi connectivity index (χ0) is 22.4. The largest absolute Gasteiger partial charge is 0.493 e. The van der Waals surface area contributed by atoms with Gasteiger partial charge in [-0.3, -0.25) is 9.59 Å². The lowest BCUT2D eigenvalue weighted by Crippen LogP contribution is -2.48. The Bertz CT molecular complexity index is 993. The highest BCUT2D eigenvalue weighted by Crippen LogP contribution is 2.32. The Morgan fingerprint density at radius 3 is 2.71 bits per heavy atom. The topological polar surface area (TPSA) is 98.2 Å². The van der Waals surface area contributed by atoms with E-state index in [1.807, 2.05) is 39.0 Å². The second kappa shape index (κ2) is 10.3. The van der Waals surface area contributed by atoms with E-state index < -0.39 is 11.9 Å². The van der Waals surface area contributed by atoms with Crippen LogP contribution < -0.4 is 25.0 Å². The van der Waals surface area contributed by atoms with Crippen molar-refractivity contribution in [2.45, 2.75) is 26.8 Å². The number of halogens is 1. The molecular weight excluding hydrogens is 466 g/mol. The fourth-order valence-electron chi connectivity index (χ4n) is 2.94. The Morgan fingerprint density at radius 1 is 1.19 bits per heavy atom. The minimum absolute atomic E-state index is 0.123. The van der Waals surface area contributed by atoms with Crippen molar-refractivity contribution in [3.05, 3.63) is 52.0 Å². The maximum absolute atomic E-state index is 12.7. The predicted octanol–water partition coefficient (Wildman–Crippen LogP) is 3.48. The van der Waals surface area contributed by atoms with E-state index in [-0.39, 0.29) is 18.6 Å². The zero-order valence-electron chi connectivity index (χ0n) is 17.5. The maximum Gasteiger partial charge on any atom is 0.262 e. The third-order valence-electron chi connectivity index (χ3n) is 4.52. The van der Waals surface area contributed by atoms with Crippen LogP contribution >= 0.6 is 15.9 Å². The molecule has 2 aromatic carbocycles. The van der Waals surface area contributed by atoms with Crippen LogP contribution in [0.15, 0.2) is 46.0 Å². The first-order valence-corrected chi connectivity index (χ1v) is 10.6. The Morgan fingerprint density at radius 2 is 1.97 bits per heavy atom. The van der Waals surface area contributed by atoms with Crippen molar-refractivity contribution in [1.82, 2.24) is 10.7 Å². The summed E-state index contributed by atoms with van der Waals surface area (Å²) in [6.07, 6.45) is 1.50. The number of carbonyl (C=O) groups is 2. The van der Waals surface area contributed by atoms with Crippen LogP contribution in [0.25, 0.3) is 0 Å². The minimum Gasteiger partial charge on any atom is -0.493 e. The number of hydrogen-bond donors (Lipinski definition) is 2. The van der Waals surface area contributed by atoms with Crippen LogP contribution in [-0.2, 0) is 4.79 Å². The summed E-state index contributed by atoms with van der Waals surface area (Å²) >= 11 is 3.41. The molecule has 0 radical (unpaired) electrons. The molecule has 0 fully saturated rings. The van der Waals surface area contributed by atoms with Crippen LogP contribution in [0.1, 0.15) is 36.7 Å². The van der Waals surface area contributed by atoms with E-state index in [9.17, 15) is 9.59 Å². The molecule has 1 unspecified atom stereocenters. The lowest BCUT2D eigenvalue weighted by Gasteiger charge is -2.20. The summed E-state index contributed by atoms with van der Waals surface area (Å²) in [5.41, 5.74) is 3.59. The second-order valence-corrected chi connectivity index (χ2v) is 8.03. The molecule has 2 aromatic rings. The highest BCUT2D eigenvalue weighted by Gasteiger charge is 2.25. The molecule has 1 aliphatic rings. The Balaban J connectivity index is 1.66. The van der Waals surface area contributed by atoms with E-state index in [1.165, 1.54) is 6.21 Å². The minimum atomic E-state index is -0.774. The number of nitrogens with one attached hydrogen (secondary N) is 2. The molecule has 0 saturated carbocycles. The fourth-order valence-corrected chi connectivity index (χ4v) is 3.32. The summed E-state index contributed by atoms with van der Waals surface area (Å²) in [4.78, 5) is 25.3. The molecule has 0 spiro atoms. The molecule has 0 saturated heterocycles. The molecule has 1 atom stereocenters. The van der Waals surface area contributed by atoms with Gasteiger partial charge in [-0.25, -0.2) is 5.43 Å². The van der Waals surface area contributed by atoms with Crippen molar-refractivity contribution in [3.63, 3.8) is 0 Å². The van der Waals surface area contributed by atoms with Gasteiger partial charge in [0.25, 0.3) is 11.8 Å². The maximum atomic E-state index is 12.7. The van der Waals surface area contributed by atoms with Crippen LogP contribution in [-0.4, -0.2) is 37.5 Å². The van der Waals surface area contributed by atoms with Gasteiger partial charge < -0.3 is 19.5 Å². The number of nitrogens with zero attached hydrogens (tertiary/aromatic N) is 1. The number of hydrazone groups is 1. The molecule has 31 heavy (non-hydrogen) atoms. The van der Waals surface area contributed by atoms with Crippen molar-refractivity contribution in [2.24, 2.45) is 11.0 Å². The molecule has 2 N–H and O–H groups in total. The van der Waals surface area contributed by atoms with Crippen LogP contribution in [0.4, 0.5) is 0 Å². The van der Waals surface area contributed by atoms with Gasteiger partial charge >= 0.3 is 0 Å². The standard InChI is InChI=1S/C22H24BrN3O5/c1-4-29-17-8-6-16(23)9-15(17)11-24-26-22(28)20(13(2)3)25-21(27)14-5-7-18-19(10-14)31-12-30-18/h5-11,13,20H,4,12H2,1-3H3,(H,25,27)(H,26,28). The third kappa shape index (κ3) is 5.75. The van der Waals surface area contributed by atoms with Crippen molar-refractivity contribution in [2.75, 3.05) is 13.4 Å². The van der Waals surface area contributed by atoms with Crippen LogP contribution in [0.3, 0.4) is 0 Å². The Hall–Kier alpha value is -3.07. The Kier molecular flexibility index (Phi) is 7.51. The average molecular weight is 490 g/mol. The molecular formula is C22H24BrN3O5. The summed E-state index contributed by atoms with van der Waals surface area (Å²) in [5, 5.41) is 6.80. The summed E-state index contributed by atoms with van der Waals surface area (Å²) in [5.74, 6) is 0.776. The number of hydrogen-bond acceptors (Lipinski definition) is 6. The quantitative estimate of drug-likeness (QED) is 0.436. The van der Waals surface area contributed by atoms with Gasteiger partial charge in [0, 0.05) is 15.6 Å². The number of benzene rings is 2. The highest BCUT2D eigenvalue weighted by atomic mass is 79.9. The molecule has 8 nitrogen and oxygen atoms in total. The second-order valence-electron chi connectivity index (χ2n) is 7.11. The number of rotatable bonds is 8. The summed E-state index contributed by atoms with van der Waals surface area (Å²) < 4.78 is 17.0. The van der Waals surface area contributed by atoms with Gasteiger partial charge in [0.2, 0.25) is 6.79 Å². The molecule has 0 aromatic heterocycles. The van der Waals surface area contributed by atoms with Crippen LogP contribution in [0.5, 0.6) is 17.2 Å². The van der Waals surface area contributed by atoms with Crippen LogP contribution in [0.2, 0.25) is 0 Å². The SMILES string of the molecule is CCOc1ccc(Br)cc1C=NNC(=O)C(NC(=O)c1ccc2c(c1)OCO2)C(C)C. The molecule has 9 heteroatoms. The van der Waals surface area contributed by atoms with Gasteiger partial charge in [-0.15, -0.1) is 0 Å². The first kappa shape index (κ1) is 22.6. The predicted molar refractivity (Wildman–Crippen MR) is 120 cm³/mol. The third-order valence-corrected chi connectivity index (χ3v) is 5.01. The lowest BCUT2D eigenvalue weighted by atomic mass is 10.0. The number of fused-ring (bicyclic) bond motifs is 1. The first-order valence-electron chi connectivity index (χ1n) is 9.84. The van der Waals surface area contributed by atoms with Crippen molar-refractivity contribution in [3.8, 4) is 17.2 Å². The lowest BCUT2D eigenvalue weighted by molar-refractivity contribution is -0.123. The first-order chi connectivity index (χ1) is 14.9. The number of carbonyl (C=O) groups excluding carboxylic acids is 2. The van der Waals surface area contributed by atoms with Gasteiger partial charge in [-0.1, -0.05) is 29.8 Å². The average Bonchev–Trinajstić information content (AvgIpc) is 3.21. The van der Waals surface area contributed by atoms with Gasteiger partial charge in [0.05, 0.1) is 12.8 Å². The molecule has 1 heterocycles.